The third-order valence-electron chi connectivity index (χ3n) is 6.86. The molecule has 4 heterocycles. The number of esters is 1. The van der Waals surface area contributed by atoms with Crippen molar-refractivity contribution in [1.29, 1.82) is 0 Å². The molecule has 3 unspecified atom stereocenters. The molecule has 0 aliphatic carbocycles. The quantitative estimate of drug-likeness (QED) is 0.368. The average molecular weight is 531 g/mol. The van der Waals surface area contributed by atoms with Crippen molar-refractivity contribution in [3.05, 3.63) is 48.9 Å². The van der Waals surface area contributed by atoms with Gasteiger partial charge in [-0.3, -0.25) is 10.1 Å². The van der Waals surface area contributed by atoms with Gasteiger partial charge < -0.3 is 24.7 Å². The van der Waals surface area contributed by atoms with Crippen LogP contribution < -0.4 is 15.8 Å². The number of nitrogens with zero attached hydrogens (tertiary/aromatic N) is 4. The summed E-state index contributed by atoms with van der Waals surface area (Å²) in [5, 5.41) is 3.30. The molecule has 2 aliphatic rings. The molecule has 200 valence electrons. The van der Waals surface area contributed by atoms with E-state index in [9.17, 15) is 22.8 Å². The zero-order chi connectivity index (χ0) is 27.2. The maximum absolute atomic E-state index is 12.5. The normalized spacial score (nSPS) is 21.3. The summed E-state index contributed by atoms with van der Waals surface area (Å²) in [6.07, 6.45) is -3.60. The summed E-state index contributed by atoms with van der Waals surface area (Å²) in [5.41, 5.74) is 9.55. The third-order valence-corrected chi connectivity index (χ3v) is 6.86. The van der Waals surface area contributed by atoms with Gasteiger partial charge in [-0.15, -0.1) is 0 Å². The van der Waals surface area contributed by atoms with E-state index in [0.717, 1.165) is 23.2 Å². The molecular formula is C25H25F3N6O4. The van der Waals surface area contributed by atoms with Crippen LogP contribution >= 0.6 is 0 Å². The summed E-state index contributed by atoms with van der Waals surface area (Å²) >= 11 is 0. The van der Waals surface area contributed by atoms with Crippen LogP contribution in [0.1, 0.15) is 18.0 Å². The zero-order valence-corrected chi connectivity index (χ0v) is 20.4. The number of halogens is 3. The van der Waals surface area contributed by atoms with E-state index in [1.165, 1.54) is 12.4 Å². The molecule has 0 spiro atoms. The number of nitrogens with one attached hydrogen (secondary N) is 1. The number of rotatable bonds is 6. The van der Waals surface area contributed by atoms with E-state index < -0.39 is 24.5 Å². The lowest BCUT2D eigenvalue weighted by Crippen LogP contribution is -2.62. The minimum atomic E-state index is -5.08. The number of aryl methyl sites for hydroxylation is 1. The molecule has 3 N–H and O–H groups in total. The number of likely N-dealkylation sites (tertiary alicyclic amines) is 1. The summed E-state index contributed by atoms with van der Waals surface area (Å²) in [6, 6.07) is 6.98. The van der Waals surface area contributed by atoms with Gasteiger partial charge in [0.2, 0.25) is 5.91 Å². The molecule has 2 aromatic heterocycles. The number of carbonyl (C=O) groups excluding carboxylic acids is 2. The minimum absolute atomic E-state index is 0.0218. The van der Waals surface area contributed by atoms with E-state index in [-0.39, 0.29) is 18.4 Å². The Bertz CT molecular complexity index is 1400. The van der Waals surface area contributed by atoms with Gasteiger partial charge in [-0.25, -0.2) is 14.8 Å². The Morgan fingerprint density at radius 2 is 1.97 bits per heavy atom. The Labute approximate surface area is 215 Å². The summed E-state index contributed by atoms with van der Waals surface area (Å²) < 4.78 is 49.7. The van der Waals surface area contributed by atoms with E-state index in [2.05, 4.69) is 26.6 Å². The SMILES string of the molecule is C=CC(=O)N1CCC(c2c(-c3ccc(OC4CNC4OC(=O)C(F)(F)F)cc3)c3c(N)ncnc3n2C)C1. The fourth-order valence-corrected chi connectivity index (χ4v) is 4.96. The molecule has 3 aromatic rings. The van der Waals surface area contributed by atoms with Crippen LogP contribution in [0.3, 0.4) is 0 Å². The fraction of sp³-hybridized carbons (Fsp3) is 0.360. The first-order valence-electron chi connectivity index (χ1n) is 11.9. The van der Waals surface area contributed by atoms with Crippen LogP contribution in [0.4, 0.5) is 19.0 Å². The second kappa shape index (κ2) is 9.63. The fourth-order valence-electron chi connectivity index (χ4n) is 4.96. The van der Waals surface area contributed by atoms with E-state index in [1.54, 1.807) is 17.0 Å². The topological polar surface area (TPSA) is 125 Å². The first-order chi connectivity index (χ1) is 18.1. The second-order valence-corrected chi connectivity index (χ2v) is 9.16. The highest BCUT2D eigenvalue weighted by Crippen LogP contribution is 2.42. The molecular weight excluding hydrogens is 505 g/mol. The molecule has 0 saturated carbocycles. The lowest BCUT2D eigenvalue weighted by molar-refractivity contribution is -0.216. The smallest absolute Gasteiger partial charge is 0.484 e. The van der Waals surface area contributed by atoms with Gasteiger partial charge in [-0.2, -0.15) is 13.2 Å². The number of aromatic nitrogens is 3. The van der Waals surface area contributed by atoms with Gasteiger partial charge in [0.05, 0.1) is 5.39 Å². The van der Waals surface area contributed by atoms with Crippen molar-refractivity contribution in [3.8, 4) is 16.9 Å². The molecule has 2 fully saturated rings. The summed E-state index contributed by atoms with van der Waals surface area (Å²) in [5.74, 6) is -1.67. The Balaban J connectivity index is 1.43. The summed E-state index contributed by atoms with van der Waals surface area (Å²) in [7, 11) is 1.90. The molecule has 0 radical (unpaired) electrons. The van der Waals surface area contributed by atoms with E-state index in [1.807, 2.05) is 23.7 Å². The molecule has 13 heteroatoms. The largest absolute Gasteiger partial charge is 0.490 e. The maximum Gasteiger partial charge on any atom is 0.490 e. The molecule has 38 heavy (non-hydrogen) atoms. The van der Waals surface area contributed by atoms with Crippen LogP contribution in [0.25, 0.3) is 22.2 Å². The van der Waals surface area contributed by atoms with Crippen LogP contribution in [0.2, 0.25) is 0 Å². The highest BCUT2D eigenvalue weighted by atomic mass is 19.4. The van der Waals surface area contributed by atoms with E-state index >= 15 is 0 Å². The van der Waals surface area contributed by atoms with Crippen LogP contribution in [-0.2, 0) is 21.4 Å². The highest BCUT2D eigenvalue weighted by molar-refractivity contribution is 6.02. The predicted octanol–water partition coefficient (Wildman–Crippen LogP) is 2.50. The van der Waals surface area contributed by atoms with Gasteiger partial charge in [0, 0.05) is 43.9 Å². The standard InChI is InChI=1S/C25H25F3N6O4/c1-3-17(35)34-9-8-14(11-34)20-18(19-21(29)31-12-32-22(19)33(20)2)13-4-6-15(7-5-13)37-16-10-30-23(16)38-24(36)25(26,27)28/h3-7,12,14,16,23,30H,1,8-11H2,2H3,(H2,29,31,32). The van der Waals surface area contributed by atoms with E-state index in [4.69, 9.17) is 10.5 Å². The lowest BCUT2D eigenvalue weighted by Gasteiger charge is -2.36. The Morgan fingerprint density at radius 3 is 2.61 bits per heavy atom. The summed E-state index contributed by atoms with van der Waals surface area (Å²) in [4.78, 5) is 33.7. The molecule has 1 amide bonds. The van der Waals surface area contributed by atoms with Gasteiger partial charge in [0.1, 0.15) is 23.5 Å². The number of benzene rings is 1. The third kappa shape index (κ3) is 4.53. The van der Waals surface area contributed by atoms with Crippen molar-refractivity contribution in [2.45, 2.75) is 30.8 Å². The number of hydrogen-bond donors (Lipinski definition) is 2. The minimum Gasteiger partial charge on any atom is -0.484 e. The highest BCUT2D eigenvalue weighted by Gasteiger charge is 2.46. The average Bonchev–Trinajstić information content (AvgIpc) is 3.48. The van der Waals surface area contributed by atoms with Crippen molar-refractivity contribution in [3.63, 3.8) is 0 Å². The van der Waals surface area contributed by atoms with Crippen molar-refractivity contribution in [2.24, 2.45) is 7.05 Å². The van der Waals surface area contributed by atoms with Gasteiger partial charge >= 0.3 is 12.1 Å². The van der Waals surface area contributed by atoms with Crippen molar-refractivity contribution >= 4 is 28.7 Å². The van der Waals surface area contributed by atoms with Crippen LogP contribution in [0.5, 0.6) is 5.75 Å². The van der Waals surface area contributed by atoms with Crippen LogP contribution in [0, 0.1) is 0 Å². The lowest BCUT2D eigenvalue weighted by atomic mass is 9.94. The van der Waals surface area contributed by atoms with Gasteiger partial charge in [0.15, 0.2) is 12.3 Å². The van der Waals surface area contributed by atoms with Crippen molar-refractivity contribution in [1.82, 2.24) is 24.8 Å². The van der Waals surface area contributed by atoms with E-state index in [0.29, 0.717) is 35.7 Å². The molecule has 1 aromatic carbocycles. The van der Waals surface area contributed by atoms with Crippen LogP contribution in [0.15, 0.2) is 43.2 Å². The Kier molecular flexibility index (Phi) is 6.47. The number of anilines is 1. The first kappa shape index (κ1) is 25.5. The number of nitrogen functional groups attached to an aromatic ring is 1. The molecule has 0 bridgehead atoms. The molecule has 3 atom stereocenters. The maximum atomic E-state index is 12.5. The zero-order valence-electron chi connectivity index (χ0n) is 20.4. The Hall–Kier alpha value is -4.13. The molecule has 2 aliphatic heterocycles. The first-order valence-corrected chi connectivity index (χ1v) is 11.9. The molecule has 10 nitrogen and oxygen atoms in total. The second-order valence-electron chi connectivity index (χ2n) is 9.16. The van der Waals surface area contributed by atoms with Gasteiger partial charge in [-0.1, -0.05) is 18.7 Å². The number of carbonyl (C=O) groups is 2. The molecule has 5 rings (SSSR count). The summed E-state index contributed by atoms with van der Waals surface area (Å²) in [6.45, 7) is 4.92. The van der Waals surface area contributed by atoms with Gasteiger partial charge in [0.25, 0.3) is 0 Å². The number of ether oxygens (including phenoxy) is 2. The van der Waals surface area contributed by atoms with Crippen LogP contribution in [-0.4, -0.2) is 69.5 Å². The van der Waals surface area contributed by atoms with Gasteiger partial charge in [-0.05, 0) is 30.2 Å². The Morgan fingerprint density at radius 1 is 1.24 bits per heavy atom. The monoisotopic (exact) mass is 530 g/mol. The number of alkyl halides is 3. The van der Waals surface area contributed by atoms with Crippen molar-refractivity contribution in [2.75, 3.05) is 25.4 Å². The van der Waals surface area contributed by atoms with Crippen molar-refractivity contribution < 1.29 is 32.2 Å². The number of hydrogen-bond acceptors (Lipinski definition) is 8. The number of fused-ring (bicyclic) bond motifs is 1. The molecule has 2 saturated heterocycles. The number of amides is 1. The number of nitrogens with two attached hydrogens (primary N) is 1. The predicted molar refractivity (Wildman–Crippen MR) is 131 cm³/mol.